The van der Waals surface area contributed by atoms with Crippen molar-refractivity contribution < 1.29 is 4.39 Å². The highest BCUT2D eigenvalue weighted by molar-refractivity contribution is 6.30. The number of nitrogen functional groups attached to an aromatic ring is 1. The summed E-state index contributed by atoms with van der Waals surface area (Å²) in [6, 6.07) is 13.3. The van der Waals surface area contributed by atoms with E-state index in [4.69, 9.17) is 22.3 Å². The standard InChI is InChI=1S/C26H28ClFN6/c1-16-24(17-5-4-6-18(27)13-17)25(29)34-26(31-16)22(15-30-34)21-14-20(7-8-23(21)28)33-11-9-19(10-12-33)32(2)3/h4-8,13-15,19H,9-12,29H2,1-3H3. The number of fused-ring (bicyclic) bond motifs is 1. The topological polar surface area (TPSA) is 62.7 Å². The Balaban J connectivity index is 1.55. The first-order chi connectivity index (χ1) is 16.3. The smallest absolute Gasteiger partial charge is 0.165 e. The number of aromatic nitrogens is 3. The molecule has 1 saturated heterocycles. The quantitative estimate of drug-likeness (QED) is 0.432. The van der Waals surface area contributed by atoms with Crippen LogP contribution in [0.4, 0.5) is 15.9 Å². The lowest BCUT2D eigenvalue weighted by Crippen LogP contribution is -2.42. The van der Waals surface area contributed by atoms with Gasteiger partial charge in [-0.1, -0.05) is 23.7 Å². The lowest BCUT2D eigenvalue weighted by atomic mass is 10.0. The van der Waals surface area contributed by atoms with Gasteiger partial charge in [-0.15, -0.1) is 0 Å². The van der Waals surface area contributed by atoms with Gasteiger partial charge in [0.2, 0.25) is 0 Å². The first-order valence-electron chi connectivity index (χ1n) is 11.4. The Bertz CT molecular complexity index is 1360. The van der Waals surface area contributed by atoms with Crippen LogP contribution in [0.15, 0.2) is 48.7 Å². The van der Waals surface area contributed by atoms with E-state index in [0.29, 0.717) is 33.7 Å². The zero-order valence-corrected chi connectivity index (χ0v) is 20.3. The fourth-order valence-electron chi connectivity index (χ4n) is 4.88. The van der Waals surface area contributed by atoms with Gasteiger partial charge >= 0.3 is 0 Å². The number of hydrogen-bond donors (Lipinski definition) is 1. The van der Waals surface area contributed by atoms with E-state index < -0.39 is 0 Å². The summed E-state index contributed by atoms with van der Waals surface area (Å²) in [6.45, 7) is 3.77. The van der Waals surface area contributed by atoms with Crippen LogP contribution in [0.3, 0.4) is 0 Å². The van der Waals surface area contributed by atoms with E-state index in [-0.39, 0.29) is 5.82 Å². The third kappa shape index (κ3) is 3.99. The Morgan fingerprint density at radius 3 is 2.56 bits per heavy atom. The second-order valence-corrected chi connectivity index (χ2v) is 9.54. The van der Waals surface area contributed by atoms with Crippen molar-refractivity contribution >= 4 is 28.8 Å². The minimum absolute atomic E-state index is 0.307. The highest BCUT2D eigenvalue weighted by Gasteiger charge is 2.23. The van der Waals surface area contributed by atoms with Crippen LogP contribution < -0.4 is 10.6 Å². The van der Waals surface area contributed by atoms with Crippen molar-refractivity contribution in [3.05, 3.63) is 65.2 Å². The molecule has 3 heterocycles. The maximum Gasteiger partial charge on any atom is 0.165 e. The van der Waals surface area contributed by atoms with Gasteiger partial charge in [0.25, 0.3) is 0 Å². The molecule has 0 aliphatic carbocycles. The molecular weight excluding hydrogens is 451 g/mol. The highest BCUT2D eigenvalue weighted by Crippen LogP contribution is 2.35. The van der Waals surface area contributed by atoms with Crippen molar-refractivity contribution in [3.8, 4) is 22.3 Å². The summed E-state index contributed by atoms with van der Waals surface area (Å²) in [7, 11) is 4.25. The summed E-state index contributed by atoms with van der Waals surface area (Å²) in [5.74, 6) is 0.136. The number of aryl methyl sites for hydroxylation is 1. The van der Waals surface area contributed by atoms with E-state index in [1.807, 2.05) is 43.3 Å². The highest BCUT2D eigenvalue weighted by atomic mass is 35.5. The van der Waals surface area contributed by atoms with E-state index in [9.17, 15) is 0 Å². The summed E-state index contributed by atoms with van der Waals surface area (Å²) in [5, 5.41) is 5.08. The van der Waals surface area contributed by atoms with Crippen LogP contribution in [0.2, 0.25) is 5.02 Å². The third-order valence-electron chi connectivity index (χ3n) is 6.78. The summed E-state index contributed by atoms with van der Waals surface area (Å²) >= 11 is 6.19. The summed E-state index contributed by atoms with van der Waals surface area (Å²) in [4.78, 5) is 9.38. The first kappa shape index (κ1) is 22.6. The van der Waals surface area contributed by atoms with Crippen LogP contribution in [-0.4, -0.2) is 52.7 Å². The molecule has 6 nitrogen and oxygen atoms in total. The number of piperidine rings is 1. The Kier molecular flexibility index (Phi) is 5.91. The molecular formula is C26H28ClFN6. The lowest BCUT2D eigenvalue weighted by Gasteiger charge is -2.36. The molecule has 4 aromatic rings. The minimum Gasteiger partial charge on any atom is -0.383 e. The average Bonchev–Trinajstić information content (AvgIpc) is 3.23. The molecule has 0 bridgehead atoms. The molecule has 0 unspecified atom stereocenters. The predicted molar refractivity (Wildman–Crippen MR) is 137 cm³/mol. The van der Waals surface area contributed by atoms with Crippen molar-refractivity contribution in [2.75, 3.05) is 37.8 Å². The molecule has 34 heavy (non-hydrogen) atoms. The third-order valence-corrected chi connectivity index (χ3v) is 7.01. The van der Waals surface area contributed by atoms with Crippen LogP contribution in [-0.2, 0) is 0 Å². The summed E-state index contributed by atoms with van der Waals surface area (Å²) < 4.78 is 16.6. The molecule has 0 saturated carbocycles. The molecule has 176 valence electrons. The average molecular weight is 479 g/mol. The van der Waals surface area contributed by atoms with Gasteiger partial charge in [-0.3, -0.25) is 0 Å². The van der Waals surface area contributed by atoms with Gasteiger partial charge in [0.1, 0.15) is 11.6 Å². The fourth-order valence-corrected chi connectivity index (χ4v) is 5.07. The van der Waals surface area contributed by atoms with Crippen LogP contribution in [0.25, 0.3) is 27.9 Å². The number of halogens is 2. The van der Waals surface area contributed by atoms with Crippen molar-refractivity contribution in [2.45, 2.75) is 25.8 Å². The molecule has 5 rings (SSSR count). The number of rotatable bonds is 4. The molecule has 1 aliphatic heterocycles. The lowest BCUT2D eigenvalue weighted by molar-refractivity contribution is 0.249. The molecule has 1 fully saturated rings. The Hall–Kier alpha value is -3.16. The predicted octanol–water partition coefficient (Wildman–Crippen LogP) is 5.28. The number of nitrogens with zero attached hydrogens (tertiary/aromatic N) is 5. The first-order valence-corrected chi connectivity index (χ1v) is 11.8. The molecule has 2 N–H and O–H groups in total. The molecule has 1 aliphatic rings. The minimum atomic E-state index is -0.307. The maximum atomic E-state index is 15.0. The number of hydrogen-bond acceptors (Lipinski definition) is 5. The van der Waals surface area contributed by atoms with Crippen molar-refractivity contribution in [1.82, 2.24) is 19.5 Å². The second kappa shape index (κ2) is 8.89. The molecule has 0 amide bonds. The number of nitrogens with two attached hydrogens (primary N) is 1. The van der Waals surface area contributed by atoms with Gasteiger partial charge in [0.05, 0.1) is 11.9 Å². The van der Waals surface area contributed by atoms with Crippen LogP contribution in [0.1, 0.15) is 18.5 Å². The Labute approximate surface area is 203 Å². The number of anilines is 2. The Morgan fingerprint density at radius 2 is 1.85 bits per heavy atom. The van der Waals surface area contributed by atoms with Gasteiger partial charge in [-0.2, -0.15) is 9.61 Å². The SMILES string of the molecule is Cc1nc2c(-c3cc(N4CCC(N(C)C)CC4)ccc3F)cnn2c(N)c1-c1cccc(Cl)c1. The van der Waals surface area contributed by atoms with Crippen molar-refractivity contribution in [1.29, 1.82) is 0 Å². The maximum absolute atomic E-state index is 15.0. The molecule has 2 aromatic carbocycles. The molecule has 2 aromatic heterocycles. The summed E-state index contributed by atoms with van der Waals surface area (Å²) in [6.07, 6.45) is 3.81. The number of benzene rings is 2. The molecule has 0 spiro atoms. The fraction of sp³-hybridized carbons (Fsp3) is 0.308. The normalized spacial score (nSPS) is 14.9. The Morgan fingerprint density at radius 1 is 1.09 bits per heavy atom. The van der Waals surface area contributed by atoms with Gasteiger partial charge in [0, 0.05) is 46.5 Å². The van der Waals surface area contributed by atoms with E-state index in [1.165, 1.54) is 6.07 Å². The van der Waals surface area contributed by atoms with E-state index >= 15 is 4.39 Å². The van der Waals surface area contributed by atoms with Crippen LogP contribution >= 0.6 is 11.6 Å². The molecule has 0 atom stereocenters. The van der Waals surface area contributed by atoms with E-state index in [1.54, 1.807) is 10.7 Å². The van der Waals surface area contributed by atoms with E-state index in [0.717, 1.165) is 48.4 Å². The van der Waals surface area contributed by atoms with Crippen molar-refractivity contribution in [2.24, 2.45) is 0 Å². The van der Waals surface area contributed by atoms with Crippen LogP contribution in [0.5, 0.6) is 0 Å². The second-order valence-electron chi connectivity index (χ2n) is 9.11. The van der Waals surface area contributed by atoms with Gasteiger partial charge < -0.3 is 15.5 Å². The molecule has 8 heteroatoms. The zero-order chi connectivity index (χ0) is 24.0. The molecule has 0 radical (unpaired) electrons. The van der Waals surface area contributed by atoms with Gasteiger partial charge in [-0.05, 0) is 69.8 Å². The van der Waals surface area contributed by atoms with Gasteiger partial charge in [-0.25, -0.2) is 9.37 Å². The van der Waals surface area contributed by atoms with Crippen molar-refractivity contribution in [3.63, 3.8) is 0 Å². The monoisotopic (exact) mass is 478 g/mol. The zero-order valence-electron chi connectivity index (χ0n) is 19.6. The van der Waals surface area contributed by atoms with Crippen LogP contribution in [0, 0.1) is 12.7 Å². The summed E-state index contributed by atoms with van der Waals surface area (Å²) in [5.41, 5.74) is 11.5. The largest absolute Gasteiger partial charge is 0.383 e. The van der Waals surface area contributed by atoms with Gasteiger partial charge in [0.15, 0.2) is 5.65 Å². The van der Waals surface area contributed by atoms with E-state index in [2.05, 4.69) is 29.0 Å².